The molecule has 2 N–H and O–H groups in total. The lowest BCUT2D eigenvalue weighted by atomic mass is 9.93. The molecule has 0 radical (unpaired) electrons. The van der Waals surface area contributed by atoms with Crippen LogP contribution in [0, 0.1) is 25.2 Å². The van der Waals surface area contributed by atoms with Crippen molar-refractivity contribution in [2.24, 2.45) is 5.73 Å². The van der Waals surface area contributed by atoms with Gasteiger partial charge in [0.05, 0.1) is 6.07 Å². The quantitative estimate of drug-likeness (QED) is 0.818. The molecule has 1 rings (SSSR count). The molecule has 0 aliphatic heterocycles. The van der Waals surface area contributed by atoms with Crippen LogP contribution in [0.1, 0.15) is 30.0 Å². The summed E-state index contributed by atoms with van der Waals surface area (Å²) in [6, 6.07) is 8.51. The van der Waals surface area contributed by atoms with Gasteiger partial charge in [0.15, 0.2) is 0 Å². The normalized spacial score (nSPS) is 14.3. The first kappa shape index (κ1) is 11.7. The van der Waals surface area contributed by atoms with Gasteiger partial charge in [-0.05, 0) is 44.7 Å². The third-order valence-electron chi connectivity index (χ3n) is 2.67. The molecule has 1 unspecified atom stereocenters. The van der Waals surface area contributed by atoms with Crippen molar-refractivity contribution < 1.29 is 0 Å². The first-order valence-corrected chi connectivity index (χ1v) is 5.21. The van der Waals surface area contributed by atoms with E-state index in [0.29, 0.717) is 6.42 Å². The van der Waals surface area contributed by atoms with E-state index >= 15 is 0 Å². The predicted octanol–water partition coefficient (Wildman–Crippen LogP) is 2.48. The number of aryl methyl sites for hydroxylation is 3. The van der Waals surface area contributed by atoms with E-state index in [0.717, 1.165) is 6.42 Å². The summed E-state index contributed by atoms with van der Waals surface area (Å²) in [5.74, 6) is 0. The minimum Gasteiger partial charge on any atom is -0.314 e. The molecule has 0 aliphatic rings. The summed E-state index contributed by atoms with van der Waals surface area (Å²) in [4.78, 5) is 0. The Labute approximate surface area is 91.7 Å². The summed E-state index contributed by atoms with van der Waals surface area (Å²) in [7, 11) is 0. The smallest absolute Gasteiger partial charge is 0.101 e. The molecule has 1 aromatic carbocycles. The minimum atomic E-state index is -0.711. The summed E-state index contributed by atoms with van der Waals surface area (Å²) in [5, 5.41) is 8.81. The molecule has 2 nitrogen and oxygen atoms in total. The lowest BCUT2D eigenvalue weighted by Crippen LogP contribution is -2.34. The minimum absolute atomic E-state index is 0.702. The Kier molecular flexibility index (Phi) is 3.49. The van der Waals surface area contributed by atoms with Crippen LogP contribution in [0.5, 0.6) is 0 Å². The molecule has 0 aliphatic carbocycles. The molecule has 0 saturated carbocycles. The van der Waals surface area contributed by atoms with Gasteiger partial charge >= 0.3 is 0 Å². The standard InChI is InChI=1S/C13H18N2/c1-10-4-5-12(11(2)8-10)6-7-13(3,15)9-14/h4-5,8H,6-7,15H2,1-3H3. The van der Waals surface area contributed by atoms with Gasteiger partial charge in [-0.2, -0.15) is 5.26 Å². The van der Waals surface area contributed by atoms with E-state index in [2.05, 4.69) is 38.1 Å². The van der Waals surface area contributed by atoms with Crippen molar-refractivity contribution in [3.8, 4) is 6.07 Å². The predicted molar refractivity (Wildman–Crippen MR) is 62.4 cm³/mol. The number of nitrogens with two attached hydrogens (primary N) is 1. The Hall–Kier alpha value is -1.33. The van der Waals surface area contributed by atoms with Crippen LogP contribution in [-0.2, 0) is 6.42 Å². The van der Waals surface area contributed by atoms with E-state index in [1.165, 1.54) is 16.7 Å². The van der Waals surface area contributed by atoms with Crippen molar-refractivity contribution >= 4 is 0 Å². The number of nitrogens with zero attached hydrogens (tertiary/aromatic N) is 1. The van der Waals surface area contributed by atoms with Crippen molar-refractivity contribution in [3.63, 3.8) is 0 Å². The Balaban J connectivity index is 2.71. The third-order valence-corrected chi connectivity index (χ3v) is 2.67. The van der Waals surface area contributed by atoms with Gasteiger partial charge in [0.25, 0.3) is 0 Å². The zero-order chi connectivity index (χ0) is 11.5. The molecule has 15 heavy (non-hydrogen) atoms. The van der Waals surface area contributed by atoms with Crippen LogP contribution in [0.4, 0.5) is 0 Å². The fourth-order valence-corrected chi connectivity index (χ4v) is 1.58. The second-order valence-corrected chi connectivity index (χ2v) is 4.46. The Morgan fingerprint density at radius 1 is 1.40 bits per heavy atom. The Bertz CT molecular complexity index is 386. The average Bonchev–Trinajstić information content (AvgIpc) is 2.16. The molecule has 0 spiro atoms. The van der Waals surface area contributed by atoms with E-state index in [1.54, 1.807) is 6.92 Å². The van der Waals surface area contributed by atoms with Gasteiger partial charge in [0, 0.05) is 0 Å². The number of nitriles is 1. The van der Waals surface area contributed by atoms with E-state index < -0.39 is 5.54 Å². The van der Waals surface area contributed by atoms with Gasteiger partial charge in [-0.1, -0.05) is 23.8 Å². The maximum atomic E-state index is 8.81. The van der Waals surface area contributed by atoms with Crippen LogP contribution >= 0.6 is 0 Å². The molecular formula is C13H18N2. The summed E-state index contributed by atoms with van der Waals surface area (Å²) >= 11 is 0. The van der Waals surface area contributed by atoms with Crippen LogP contribution in [0.15, 0.2) is 18.2 Å². The molecule has 0 fully saturated rings. The molecule has 1 aromatic rings. The summed E-state index contributed by atoms with van der Waals surface area (Å²) in [5.41, 5.74) is 8.91. The van der Waals surface area contributed by atoms with Crippen molar-refractivity contribution in [1.82, 2.24) is 0 Å². The second-order valence-electron chi connectivity index (χ2n) is 4.46. The lowest BCUT2D eigenvalue weighted by Gasteiger charge is -2.15. The monoisotopic (exact) mass is 202 g/mol. The van der Waals surface area contributed by atoms with Gasteiger partial charge < -0.3 is 5.73 Å². The van der Waals surface area contributed by atoms with Crippen molar-refractivity contribution in [2.75, 3.05) is 0 Å². The Morgan fingerprint density at radius 3 is 2.60 bits per heavy atom. The average molecular weight is 202 g/mol. The maximum absolute atomic E-state index is 8.81. The first-order chi connectivity index (χ1) is 6.94. The molecule has 0 aromatic heterocycles. The molecule has 2 heteroatoms. The highest BCUT2D eigenvalue weighted by atomic mass is 14.7. The topological polar surface area (TPSA) is 49.8 Å². The van der Waals surface area contributed by atoms with Crippen LogP contribution in [0.25, 0.3) is 0 Å². The number of hydrogen-bond donors (Lipinski definition) is 1. The molecule has 0 heterocycles. The highest BCUT2D eigenvalue weighted by molar-refractivity contribution is 5.30. The summed E-state index contributed by atoms with van der Waals surface area (Å²) in [6.45, 7) is 5.96. The van der Waals surface area contributed by atoms with Crippen LogP contribution in [-0.4, -0.2) is 5.54 Å². The maximum Gasteiger partial charge on any atom is 0.101 e. The number of benzene rings is 1. The number of hydrogen-bond acceptors (Lipinski definition) is 2. The molecule has 0 amide bonds. The van der Waals surface area contributed by atoms with E-state index in [4.69, 9.17) is 11.0 Å². The van der Waals surface area contributed by atoms with E-state index in [9.17, 15) is 0 Å². The fourth-order valence-electron chi connectivity index (χ4n) is 1.58. The lowest BCUT2D eigenvalue weighted by molar-refractivity contribution is 0.546. The molecule has 80 valence electrons. The van der Waals surface area contributed by atoms with Gasteiger partial charge in [-0.25, -0.2) is 0 Å². The van der Waals surface area contributed by atoms with Crippen LogP contribution < -0.4 is 5.73 Å². The zero-order valence-corrected chi connectivity index (χ0v) is 9.67. The highest BCUT2D eigenvalue weighted by Crippen LogP contribution is 2.15. The highest BCUT2D eigenvalue weighted by Gasteiger charge is 2.16. The van der Waals surface area contributed by atoms with Crippen LogP contribution in [0.3, 0.4) is 0 Å². The summed E-state index contributed by atoms with van der Waals surface area (Å²) < 4.78 is 0. The summed E-state index contributed by atoms with van der Waals surface area (Å²) in [6.07, 6.45) is 1.57. The van der Waals surface area contributed by atoms with Crippen molar-refractivity contribution in [1.29, 1.82) is 5.26 Å². The zero-order valence-electron chi connectivity index (χ0n) is 9.67. The van der Waals surface area contributed by atoms with Gasteiger partial charge in [0.1, 0.15) is 5.54 Å². The van der Waals surface area contributed by atoms with Gasteiger partial charge in [-0.3, -0.25) is 0 Å². The molecule has 0 bridgehead atoms. The van der Waals surface area contributed by atoms with Crippen molar-refractivity contribution in [2.45, 2.75) is 39.2 Å². The second kappa shape index (κ2) is 4.46. The van der Waals surface area contributed by atoms with Gasteiger partial charge in [-0.15, -0.1) is 0 Å². The van der Waals surface area contributed by atoms with Crippen molar-refractivity contribution in [3.05, 3.63) is 34.9 Å². The number of rotatable bonds is 3. The molecule has 0 saturated heterocycles. The largest absolute Gasteiger partial charge is 0.314 e. The molecule has 1 atom stereocenters. The molecular weight excluding hydrogens is 184 g/mol. The Morgan fingerprint density at radius 2 is 2.07 bits per heavy atom. The van der Waals surface area contributed by atoms with E-state index in [-0.39, 0.29) is 0 Å². The third kappa shape index (κ3) is 3.38. The van der Waals surface area contributed by atoms with E-state index in [1.807, 2.05) is 0 Å². The fraction of sp³-hybridized carbons (Fsp3) is 0.462. The SMILES string of the molecule is Cc1ccc(CCC(C)(N)C#N)c(C)c1. The van der Waals surface area contributed by atoms with Gasteiger partial charge in [0.2, 0.25) is 0 Å². The first-order valence-electron chi connectivity index (χ1n) is 5.21. The van der Waals surface area contributed by atoms with Crippen LogP contribution in [0.2, 0.25) is 0 Å².